The van der Waals surface area contributed by atoms with Gasteiger partial charge in [0.2, 0.25) is 5.91 Å². The Kier molecular flexibility index (Phi) is 6.38. The summed E-state index contributed by atoms with van der Waals surface area (Å²) in [5.41, 5.74) is -0.0418. The van der Waals surface area contributed by atoms with Crippen LogP contribution in [0.4, 0.5) is 0 Å². The molecule has 0 radical (unpaired) electrons. The summed E-state index contributed by atoms with van der Waals surface area (Å²) in [4.78, 5) is 44.9. The summed E-state index contributed by atoms with van der Waals surface area (Å²) in [6.07, 6.45) is 4.62. The average molecular weight is 446 g/mol. The lowest BCUT2D eigenvalue weighted by Gasteiger charge is -2.25. The molecule has 1 amide bonds. The highest BCUT2D eigenvalue weighted by molar-refractivity contribution is 7.09. The van der Waals surface area contributed by atoms with Crippen LogP contribution in [0.2, 0.25) is 0 Å². The Hall–Kier alpha value is -2.72. The van der Waals surface area contributed by atoms with Crippen molar-refractivity contribution in [1.82, 2.24) is 23.6 Å². The first-order valence-electron chi connectivity index (χ1n) is 10.5. The molecule has 31 heavy (non-hydrogen) atoms. The Balaban J connectivity index is 1.44. The third-order valence-corrected chi connectivity index (χ3v) is 6.60. The first-order chi connectivity index (χ1) is 15.0. The fourth-order valence-electron chi connectivity index (χ4n) is 4.00. The molecule has 3 aromatic rings. The molecular formula is C21H27N5O4S. The molecule has 4 heterocycles. The zero-order chi connectivity index (χ0) is 22.0. The van der Waals surface area contributed by atoms with Crippen molar-refractivity contribution in [1.29, 1.82) is 0 Å². The van der Waals surface area contributed by atoms with Crippen LogP contribution in [0, 0.1) is 0 Å². The summed E-state index contributed by atoms with van der Waals surface area (Å²) in [5, 5.41) is 2.02. The standard InChI is InChI=1S/C21H27N5O4S/c1-23-19-18(20(28)24(2)21(23)29)25(14-22-19)9-3-8-17(27)26(12-15-6-4-10-30-15)13-16-7-5-11-31-16/h5,7,11,14-15H,3-4,6,8-10,12-13H2,1-2H3. The zero-order valence-electron chi connectivity index (χ0n) is 17.8. The predicted molar refractivity (Wildman–Crippen MR) is 118 cm³/mol. The Morgan fingerprint density at radius 2 is 2.16 bits per heavy atom. The number of amides is 1. The van der Waals surface area contributed by atoms with E-state index in [0.29, 0.717) is 43.6 Å². The summed E-state index contributed by atoms with van der Waals surface area (Å²) < 4.78 is 9.92. The lowest BCUT2D eigenvalue weighted by atomic mass is 10.2. The Labute approximate surface area is 183 Å². The highest BCUT2D eigenvalue weighted by atomic mass is 32.1. The largest absolute Gasteiger partial charge is 0.376 e. The number of nitrogens with zero attached hydrogens (tertiary/aromatic N) is 5. The first-order valence-corrected chi connectivity index (χ1v) is 11.4. The number of imidazole rings is 1. The van der Waals surface area contributed by atoms with Crippen molar-refractivity contribution in [3.8, 4) is 0 Å². The van der Waals surface area contributed by atoms with E-state index in [0.717, 1.165) is 28.9 Å². The summed E-state index contributed by atoms with van der Waals surface area (Å²) in [6, 6.07) is 4.03. The van der Waals surface area contributed by atoms with Crippen LogP contribution in [0.3, 0.4) is 0 Å². The highest BCUT2D eigenvalue weighted by Gasteiger charge is 2.23. The van der Waals surface area contributed by atoms with Gasteiger partial charge in [0.1, 0.15) is 0 Å². The number of aromatic nitrogens is 4. The molecule has 0 saturated carbocycles. The van der Waals surface area contributed by atoms with E-state index in [-0.39, 0.29) is 17.6 Å². The van der Waals surface area contributed by atoms with Crippen LogP contribution in [0.15, 0.2) is 33.4 Å². The van der Waals surface area contributed by atoms with Gasteiger partial charge in [0.15, 0.2) is 11.2 Å². The molecule has 0 aromatic carbocycles. The molecule has 4 rings (SSSR count). The molecule has 0 bridgehead atoms. The zero-order valence-corrected chi connectivity index (χ0v) is 18.6. The van der Waals surface area contributed by atoms with Gasteiger partial charge in [0.25, 0.3) is 5.56 Å². The van der Waals surface area contributed by atoms with Gasteiger partial charge in [0.05, 0.1) is 19.0 Å². The van der Waals surface area contributed by atoms with Crippen molar-refractivity contribution in [2.24, 2.45) is 14.1 Å². The number of carbonyl (C=O) groups excluding carboxylic acids is 1. The van der Waals surface area contributed by atoms with E-state index in [1.54, 1.807) is 29.3 Å². The molecule has 1 fully saturated rings. The van der Waals surface area contributed by atoms with Crippen molar-refractivity contribution >= 4 is 28.4 Å². The summed E-state index contributed by atoms with van der Waals surface area (Å²) in [5.74, 6) is 0.0774. The lowest BCUT2D eigenvalue weighted by molar-refractivity contribution is -0.133. The molecule has 1 aliphatic rings. The third-order valence-electron chi connectivity index (χ3n) is 5.73. The normalized spacial score (nSPS) is 16.3. The number of thiophene rings is 1. The van der Waals surface area contributed by atoms with Crippen molar-refractivity contribution < 1.29 is 9.53 Å². The number of fused-ring (bicyclic) bond motifs is 1. The van der Waals surface area contributed by atoms with Gasteiger partial charge < -0.3 is 14.2 Å². The molecule has 166 valence electrons. The Morgan fingerprint density at radius 1 is 1.32 bits per heavy atom. The van der Waals surface area contributed by atoms with E-state index in [9.17, 15) is 14.4 Å². The van der Waals surface area contributed by atoms with E-state index in [2.05, 4.69) is 4.98 Å². The number of ether oxygens (including phenoxy) is 1. The number of rotatable bonds is 8. The fraction of sp³-hybridized carbons (Fsp3) is 0.524. The van der Waals surface area contributed by atoms with Gasteiger partial charge in [0, 0.05) is 45.1 Å². The van der Waals surface area contributed by atoms with Crippen LogP contribution in [0.25, 0.3) is 11.2 Å². The van der Waals surface area contributed by atoms with Crippen molar-refractivity contribution in [2.75, 3.05) is 13.2 Å². The lowest BCUT2D eigenvalue weighted by Crippen LogP contribution is -2.37. The number of aryl methyl sites for hydroxylation is 2. The molecule has 3 aromatic heterocycles. The van der Waals surface area contributed by atoms with Crippen molar-refractivity contribution in [3.63, 3.8) is 0 Å². The van der Waals surface area contributed by atoms with E-state index >= 15 is 0 Å². The fourth-order valence-corrected chi connectivity index (χ4v) is 4.72. The molecule has 1 saturated heterocycles. The smallest absolute Gasteiger partial charge is 0.332 e. The maximum absolute atomic E-state index is 13.0. The van der Waals surface area contributed by atoms with Gasteiger partial charge >= 0.3 is 5.69 Å². The SMILES string of the molecule is Cn1c(=O)c2c(ncn2CCCC(=O)N(Cc2cccs2)CC2CCCO2)n(C)c1=O. The first kappa shape index (κ1) is 21.5. The van der Waals surface area contributed by atoms with E-state index < -0.39 is 5.69 Å². The quantitative estimate of drug-likeness (QED) is 0.524. The van der Waals surface area contributed by atoms with Gasteiger partial charge in [-0.25, -0.2) is 9.78 Å². The van der Waals surface area contributed by atoms with E-state index in [4.69, 9.17) is 4.74 Å². The minimum Gasteiger partial charge on any atom is -0.376 e. The summed E-state index contributed by atoms with van der Waals surface area (Å²) in [6.45, 7) is 2.43. The average Bonchev–Trinajstić information content (AvgIpc) is 3.52. The Bertz CT molecular complexity index is 1170. The maximum atomic E-state index is 13.0. The van der Waals surface area contributed by atoms with Gasteiger partial charge in [-0.1, -0.05) is 6.07 Å². The number of carbonyl (C=O) groups is 1. The molecule has 9 nitrogen and oxygen atoms in total. The monoisotopic (exact) mass is 445 g/mol. The molecule has 0 spiro atoms. The molecular weight excluding hydrogens is 418 g/mol. The number of hydrogen-bond donors (Lipinski definition) is 0. The van der Waals surface area contributed by atoms with Gasteiger partial charge in [-0.05, 0) is 30.7 Å². The van der Waals surface area contributed by atoms with Crippen LogP contribution < -0.4 is 11.2 Å². The second kappa shape index (κ2) is 9.19. The van der Waals surface area contributed by atoms with Crippen molar-refractivity contribution in [3.05, 3.63) is 49.6 Å². The van der Waals surface area contributed by atoms with Crippen LogP contribution in [-0.2, 0) is 36.7 Å². The topological polar surface area (TPSA) is 91.4 Å². The Morgan fingerprint density at radius 3 is 2.87 bits per heavy atom. The second-order valence-corrected chi connectivity index (χ2v) is 8.94. The summed E-state index contributed by atoms with van der Waals surface area (Å²) >= 11 is 1.64. The van der Waals surface area contributed by atoms with Gasteiger partial charge in [-0.2, -0.15) is 0 Å². The highest BCUT2D eigenvalue weighted by Crippen LogP contribution is 2.18. The van der Waals surface area contributed by atoms with E-state index in [1.807, 2.05) is 22.4 Å². The molecule has 0 N–H and O–H groups in total. The second-order valence-electron chi connectivity index (χ2n) is 7.91. The van der Waals surface area contributed by atoms with Crippen molar-refractivity contribution in [2.45, 2.75) is 44.9 Å². The number of hydrogen-bond acceptors (Lipinski definition) is 6. The van der Waals surface area contributed by atoms with Crippen LogP contribution in [0.1, 0.15) is 30.6 Å². The molecule has 0 aliphatic carbocycles. The minimum atomic E-state index is -0.406. The minimum absolute atomic E-state index is 0.0774. The van der Waals surface area contributed by atoms with Crippen LogP contribution in [0.5, 0.6) is 0 Å². The van der Waals surface area contributed by atoms with Crippen LogP contribution >= 0.6 is 11.3 Å². The molecule has 1 unspecified atom stereocenters. The van der Waals surface area contributed by atoms with Gasteiger partial charge in [-0.3, -0.25) is 18.7 Å². The van der Waals surface area contributed by atoms with E-state index in [1.165, 1.54) is 11.6 Å². The summed E-state index contributed by atoms with van der Waals surface area (Å²) in [7, 11) is 3.05. The molecule has 1 atom stereocenters. The van der Waals surface area contributed by atoms with Gasteiger partial charge in [-0.15, -0.1) is 11.3 Å². The molecule has 1 aliphatic heterocycles. The molecule has 10 heteroatoms. The maximum Gasteiger partial charge on any atom is 0.332 e. The third kappa shape index (κ3) is 4.49. The van der Waals surface area contributed by atoms with Crippen LogP contribution in [-0.4, -0.2) is 48.7 Å². The predicted octanol–water partition coefficient (Wildman–Crippen LogP) is 1.48.